The lowest BCUT2D eigenvalue weighted by atomic mass is 10.5. The number of amides is 1. The molecule has 0 fully saturated rings. The van der Waals surface area contributed by atoms with E-state index in [0.717, 1.165) is 0 Å². The molecule has 0 aromatic carbocycles. The monoisotopic (exact) mass is 271 g/mol. The highest BCUT2D eigenvalue weighted by Gasteiger charge is 2.08. The van der Waals surface area contributed by atoms with Gasteiger partial charge in [0.25, 0.3) is 0 Å². The second kappa shape index (κ2) is 8.03. The van der Waals surface area contributed by atoms with Crippen LogP contribution in [0.15, 0.2) is 0 Å². The second-order valence-corrected chi connectivity index (χ2v) is 3.33. The van der Waals surface area contributed by atoms with Gasteiger partial charge in [-0.1, -0.05) is 0 Å². The molecule has 0 radical (unpaired) electrons. The van der Waals surface area contributed by atoms with E-state index in [1.165, 1.54) is 14.2 Å². The van der Waals surface area contributed by atoms with E-state index in [9.17, 15) is 4.79 Å². The molecule has 106 valence electrons. The molecule has 0 spiro atoms. The van der Waals surface area contributed by atoms with Gasteiger partial charge in [0.1, 0.15) is 0 Å². The number of nitrogens with zero attached hydrogens (tertiary/aromatic N) is 3. The van der Waals surface area contributed by atoms with Gasteiger partial charge in [0.2, 0.25) is 11.9 Å². The molecule has 9 heteroatoms. The zero-order chi connectivity index (χ0) is 14.1. The molecule has 0 saturated heterocycles. The first-order valence-electron chi connectivity index (χ1n) is 5.53. The topological polar surface area (TPSA) is 107 Å². The molecule has 1 amide bonds. The number of anilines is 1. The van der Waals surface area contributed by atoms with Crippen LogP contribution < -0.4 is 20.1 Å². The Kier molecular flexibility index (Phi) is 6.30. The minimum Gasteiger partial charge on any atom is -0.467 e. The van der Waals surface area contributed by atoms with Crippen molar-refractivity contribution in [1.29, 1.82) is 0 Å². The van der Waals surface area contributed by atoms with E-state index in [1.807, 2.05) is 0 Å². The van der Waals surface area contributed by atoms with E-state index >= 15 is 0 Å². The van der Waals surface area contributed by atoms with Gasteiger partial charge in [0.15, 0.2) is 0 Å². The third kappa shape index (κ3) is 5.34. The molecule has 2 N–H and O–H groups in total. The van der Waals surface area contributed by atoms with E-state index in [1.54, 1.807) is 7.11 Å². The van der Waals surface area contributed by atoms with E-state index < -0.39 is 0 Å². The van der Waals surface area contributed by atoms with E-state index in [-0.39, 0.29) is 30.4 Å². The Bertz CT molecular complexity index is 393. The fourth-order valence-electron chi connectivity index (χ4n) is 1.11. The highest BCUT2D eigenvalue weighted by molar-refractivity contribution is 5.80. The maximum atomic E-state index is 11.4. The molecule has 0 aliphatic rings. The summed E-state index contributed by atoms with van der Waals surface area (Å²) in [6.45, 7) is 0.931. The highest BCUT2D eigenvalue weighted by Crippen LogP contribution is 2.11. The van der Waals surface area contributed by atoms with Crippen LogP contribution in [0.2, 0.25) is 0 Å². The van der Waals surface area contributed by atoms with Crippen LogP contribution in [0.1, 0.15) is 0 Å². The maximum Gasteiger partial charge on any atom is 0.324 e. The number of ether oxygens (including phenoxy) is 3. The first-order chi connectivity index (χ1) is 9.19. The predicted molar refractivity (Wildman–Crippen MR) is 66.3 cm³/mol. The predicted octanol–water partition coefficient (Wildman–Crippen LogP) is -0.937. The Morgan fingerprint density at radius 1 is 1.11 bits per heavy atom. The number of hydrogen-bond donors (Lipinski definition) is 2. The van der Waals surface area contributed by atoms with Gasteiger partial charge in [0, 0.05) is 13.7 Å². The zero-order valence-corrected chi connectivity index (χ0v) is 11.1. The molecule has 0 saturated carbocycles. The van der Waals surface area contributed by atoms with Crippen LogP contribution in [0.25, 0.3) is 0 Å². The second-order valence-electron chi connectivity index (χ2n) is 3.33. The van der Waals surface area contributed by atoms with Crippen molar-refractivity contribution < 1.29 is 19.0 Å². The molecule has 9 nitrogen and oxygen atoms in total. The van der Waals surface area contributed by atoms with Gasteiger partial charge < -0.3 is 24.8 Å². The number of methoxy groups -OCH3 is 3. The molecule has 19 heavy (non-hydrogen) atoms. The summed E-state index contributed by atoms with van der Waals surface area (Å²) in [5.74, 6) is 0.000914. The van der Waals surface area contributed by atoms with Gasteiger partial charge in [-0.05, 0) is 0 Å². The molecule has 1 aromatic heterocycles. The number of carbonyl (C=O) groups is 1. The highest BCUT2D eigenvalue weighted by atomic mass is 16.5. The maximum absolute atomic E-state index is 11.4. The summed E-state index contributed by atoms with van der Waals surface area (Å²) in [7, 11) is 4.42. The molecule has 0 aliphatic heterocycles. The standard InChI is InChI=1S/C10H17N5O4/c1-17-5-4-11-7(16)6-12-8-13-9(18-2)15-10(14-8)19-3/h4-6H2,1-3H3,(H,11,16)(H,12,13,14,15). The summed E-state index contributed by atoms with van der Waals surface area (Å²) in [5, 5.41) is 5.40. The smallest absolute Gasteiger partial charge is 0.324 e. The van der Waals surface area contributed by atoms with Crippen LogP contribution in [0.5, 0.6) is 12.0 Å². The van der Waals surface area contributed by atoms with E-state index in [0.29, 0.717) is 13.2 Å². The fourth-order valence-corrected chi connectivity index (χ4v) is 1.11. The SMILES string of the molecule is COCCNC(=O)CNc1nc(OC)nc(OC)n1. The van der Waals surface area contributed by atoms with Crippen LogP contribution in [-0.2, 0) is 9.53 Å². The molecule has 0 unspecified atom stereocenters. The van der Waals surface area contributed by atoms with Gasteiger partial charge in [-0.2, -0.15) is 9.97 Å². The molecular weight excluding hydrogens is 254 g/mol. The Balaban J connectivity index is 2.50. The normalized spacial score (nSPS) is 9.84. The largest absolute Gasteiger partial charge is 0.467 e. The number of carbonyl (C=O) groups excluding carboxylic acids is 1. The summed E-state index contributed by atoms with van der Waals surface area (Å²) >= 11 is 0. The third-order valence-corrected chi connectivity index (χ3v) is 1.99. The quantitative estimate of drug-likeness (QED) is 0.583. The zero-order valence-electron chi connectivity index (χ0n) is 11.1. The lowest BCUT2D eigenvalue weighted by Crippen LogP contribution is -2.32. The van der Waals surface area contributed by atoms with Gasteiger partial charge in [-0.25, -0.2) is 0 Å². The average Bonchev–Trinajstić information content (AvgIpc) is 2.45. The lowest BCUT2D eigenvalue weighted by Gasteiger charge is -2.07. The molecule has 0 bridgehead atoms. The molecule has 0 atom stereocenters. The Morgan fingerprint density at radius 2 is 1.74 bits per heavy atom. The molecule has 1 aromatic rings. The van der Waals surface area contributed by atoms with Crippen molar-refractivity contribution in [3.8, 4) is 12.0 Å². The van der Waals surface area contributed by atoms with Gasteiger partial charge >= 0.3 is 12.0 Å². The minimum absolute atomic E-state index is 0.0278. The van der Waals surface area contributed by atoms with Crippen molar-refractivity contribution in [2.45, 2.75) is 0 Å². The van der Waals surface area contributed by atoms with Gasteiger partial charge in [-0.3, -0.25) is 4.79 Å². The van der Waals surface area contributed by atoms with Crippen molar-refractivity contribution in [2.75, 3.05) is 46.3 Å². The van der Waals surface area contributed by atoms with Crippen molar-refractivity contribution in [3.63, 3.8) is 0 Å². The number of rotatable bonds is 8. The van der Waals surface area contributed by atoms with Crippen molar-refractivity contribution in [2.24, 2.45) is 0 Å². The molecule has 1 heterocycles. The molecule has 1 rings (SSSR count). The van der Waals surface area contributed by atoms with E-state index in [4.69, 9.17) is 14.2 Å². The summed E-state index contributed by atoms with van der Waals surface area (Å²) in [4.78, 5) is 23.1. The number of hydrogen-bond acceptors (Lipinski definition) is 8. The number of aromatic nitrogens is 3. The summed E-state index contributed by atoms with van der Waals surface area (Å²) in [5.41, 5.74) is 0. The number of nitrogens with one attached hydrogen (secondary N) is 2. The molecular formula is C10H17N5O4. The van der Waals surface area contributed by atoms with Crippen LogP contribution in [0, 0.1) is 0 Å². The summed E-state index contributed by atoms with van der Waals surface area (Å²) in [6.07, 6.45) is 0. The fraction of sp³-hybridized carbons (Fsp3) is 0.600. The van der Waals surface area contributed by atoms with Gasteiger partial charge in [-0.15, -0.1) is 4.98 Å². The average molecular weight is 271 g/mol. The minimum atomic E-state index is -0.199. The first kappa shape index (κ1) is 14.9. The summed E-state index contributed by atoms with van der Waals surface area (Å²) < 4.78 is 14.6. The summed E-state index contributed by atoms with van der Waals surface area (Å²) in [6, 6.07) is 0.211. The Labute approximate surface area is 110 Å². The molecule has 0 aliphatic carbocycles. The van der Waals surface area contributed by atoms with Crippen molar-refractivity contribution >= 4 is 11.9 Å². The van der Waals surface area contributed by atoms with Crippen molar-refractivity contribution in [1.82, 2.24) is 20.3 Å². The van der Waals surface area contributed by atoms with Crippen LogP contribution in [-0.4, -0.2) is 61.9 Å². The van der Waals surface area contributed by atoms with Crippen LogP contribution >= 0.6 is 0 Å². The van der Waals surface area contributed by atoms with Crippen LogP contribution in [0.4, 0.5) is 5.95 Å². The van der Waals surface area contributed by atoms with Crippen LogP contribution in [0.3, 0.4) is 0 Å². The Morgan fingerprint density at radius 3 is 2.26 bits per heavy atom. The lowest BCUT2D eigenvalue weighted by molar-refractivity contribution is -0.119. The van der Waals surface area contributed by atoms with Crippen molar-refractivity contribution in [3.05, 3.63) is 0 Å². The first-order valence-corrected chi connectivity index (χ1v) is 5.53. The Hall–Kier alpha value is -2.16. The van der Waals surface area contributed by atoms with Gasteiger partial charge in [0.05, 0.1) is 27.4 Å². The van der Waals surface area contributed by atoms with E-state index in [2.05, 4.69) is 25.6 Å². The third-order valence-electron chi connectivity index (χ3n) is 1.99.